The van der Waals surface area contributed by atoms with Crippen LogP contribution in [-0.4, -0.2) is 61.4 Å². The van der Waals surface area contributed by atoms with E-state index >= 15 is 0 Å². The third-order valence-electron chi connectivity index (χ3n) is 5.64. The lowest BCUT2D eigenvalue weighted by Gasteiger charge is -2.49. The summed E-state index contributed by atoms with van der Waals surface area (Å²) in [4.78, 5) is 43.6. The number of carboxylic acids is 1. The number of carbonyl (C=O) groups is 3. The molecule has 4 rings (SSSR count). The molecule has 2 aliphatic heterocycles. The molecule has 10 nitrogen and oxygen atoms in total. The molecule has 0 unspecified atom stereocenters. The van der Waals surface area contributed by atoms with Crippen LogP contribution in [0, 0.1) is 0 Å². The van der Waals surface area contributed by atoms with Crippen molar-refractivity contribution < 1.29 is 24.1 Å². The van der Waals surface area contributed by atoms with Gasteiger partial charge in [0.2, 0.25) is 5.91 Å². The molecule has 0 aliphatic carbocycles. The van der Waals surface area contributed by atoms with E-state index in [1.165, 1.54) is 40.2 Å². The largest absolute Gasteiger partial charge is 0.477 e. The van der Waals surface area contributed by atoms with Gasteiger partial charge in [-0.2, -0.15) is 0 Å². The van der Waals surface area contributed by atoms with Crippen LogP contribution in [0.15, 0.2) is 57.6 Å². The summed E-state index contributed by atoms with van der Waals surface area (Å²) in [7, 11) is 1.71. The number of nitrogens with two attached hydrogens (primary N) is 2. The van der Waals surface area contributed by atoms with Gasteiger partial charge in [-0.05, 0) is 23.8 Å². The minimum absolute atomic E-state index is 0.0281. The Morgan fingerprint density at radius 1 is 1.32 bits per heavy atom. The van der Waals surface area contributed by atoms with Gasteiger partial charge >= 0.3 is 11.9 Å². The number of halogens is 2. The van der Waals surface area contributed by atoms with Gasteiger partial charge < -0.3 is 21.9 Å². The number of nitrogens with one attached hydrogen (secondary N) is 1. The third kappa shape index (κ3) is 6.18. The number of benzene rings is 1. The van der Waals surface area contributed by atoms with Crippen molar-refractivity contribution >= 4 is 88.0 Å². The van der Waals surface area contributed by atoms with Gasteiger partial charge in [0.15, 0.2) is 10.8 Å². The Bertz CT molecular complexity index is 1350. The van der Waals surface area contributed by atoms with Gasteiger partial charge in [-0.25, -0.2) is 9.36 Å². The summed E-state index contributed by atoms with van der Waals surface area (Å²) >= 11 is 16.1. The number of rotatable bonds is 9. The summed E-state index contributed by atoms with van der Waals surface area (Å²) in [6.07, 6.45) is 3.49. The van der Waals surface area contributed by atoms with Crippen LogP contribution < -0.4 is 21.4 Å². The van der Waals surface area contributed by atoms with E-state index in [4.69, 9.17) is 34.7 Å². The van der Waals surface area contributed by atoms with E-state index in [-0.39, 0.29) is 23.3 Å². The molecule has 1 fully saturated rings. The van der Waals surface area contributed by atoms with Crippen molar-refractivity contribution in [3.05, 3.63) is 57.7 Å². The third-order valence-corrected chi connectivity index (χ3v) is 9.54. The first kappa shape index (κ1) is 28.4. The molecule has 200 valence electrons. The molecule has 2 amide bonds. The van der Waals surface area contributed by atoms with E-state index < -0.39 is 23.3 Å². The molecule has 0 bridgehead atoms. The monoisotopic (exact) mass is 613 g/mol. The Morgan fingerprint density at radius 2 is 2.08 bits per heavy atom. The number of amides is 2. The van der Waals surface area contributed by atoms with Gasteiger partial charge in [0.1, 0.15) is 17.1 Å². The second-order valence-corrected chi connectivity index (χ2v) is 12.2. The topological polar surface area (TPSA) is 156 Å². The highest BCUT2D eigenvalue weighted by molar-refractivity contribution is 8.00. The van der Waals surface area contributed by atoms with Gasteiger partial charge in [-0.15, -0.1) is 28.5 Å². The number of hydrogen-bond acceptors (Lipinski definition) is 9. The molecule has 2 aromatic rings. The van der Waals surface area contributed by atoms with Gasteiger partial charge in [0.05, 0.1) is 17.8 Å². The SMILES string of the molecule is C[n+]1c(N)cc(SCC=CC2=C(C(=O)O)N3C(=O)[C@@H](NC(=O)CSc4cc(Cl)ccc4Cl)[C@H]3SC2)nc1N. The highest BCUT2D eigenvalue weighted by Crippen LogP contribution is 2.41. The van der Waals surface area contributed by atoms with Crippen LogP contribution in [0.25, 0.3) is 0 Å². The van der Waals surface area contributed by atoms with Crippen molar-refractivity contribution in [3.63, 3.8) is 0 Å². The molecule has 1 saturated heterocycles. The van der Waals surface area contributed by atoms with Crippen molar-refractivity contribution in [2.24, 2.45) is 7.05 Å². The minimum Gasteiger partial charge on any atom is -0.477 e. The van der Waals surface area contributed by atoms with E-state index in [2.05, 4.69) is 10.3 Å². The molecule has 0 spiro atoms. The molecular weight excluding hydrogens is 591 g/mol. The molecule has 0 radical (unpaired) electrons. The summed E-state index contributed by atoms with van der Waals surface area (Å²) in [5.41, 5.74) is 12.2. The lowest BCUT2D eigenvalue weighted by Crippen LogP contribution is -2.70. The molecule has 6 N–H and O–H groups in total. The number of thioether (sulfide) groups is 3. The highest BCUT2D eigenvalue weighted by Gasteiger charge is 2.53. The summed E-state index contributed by atoms with van der Waals surface area (Å²) in [6.45, 7) is 0. The Labute approximate surface area is 241 Å². The predicted molar refractivity (Wildman–Crippen MR) is 151 cm³/mol. The van der Waals surface area contributed by atoms with Crippen LogP contribution in [0.4, 0.5) is 11.8 Å². The smallest absolute Gasteiger partial charge is 0.352 e. The fraction of sp³-hybridized carbons (Fsp3) is 0.261. The normalized spacial score (nSPS) is 18.9. The van der Waals surface area contributed by atoms with Crippen molar-refractivity contribution in [3.8, 4) is 0 Å². The van der Waals surface area contributed by atoms with Crippen molar-refractivity contribution in [1.29, 1.82) is 0 Å². The van der Waals surface area contributed by atoms with E-state index in [1.54, 1.807) is 48.0 Å². The average molecular weight is 615 g/mol. The summed E-state index contributed by atoms with van der Waals surface area (Å²) in [6, 6.07) is 5.85. The lowest BCUT2D eigenvalue weighted by atomic mass is 10.0. The molecule has 1 aromatic carbocycles. The number of β-lactam (4-membered cyclic amide) rings is 1. The number of carbonyl (C=O) groups excluding carboxylic acids is 2. The Hall–Kier alpha value is -2.58. The number of nitrogens with zero attached hydrogens (tertiary/aromatic N) is 3. The van der Waals surface area contributed by atoms with Crippen molar-refractivity contribution in [2.45, 2.75) is 21.3 Å². The number of aromatic nitrogens is 2. The van der Waals surface area contributed by atoms with Gasteiger partial charge in [0.25, 0.3) is 5.91 Å². The maximum atomic E-state index is 12.9. The number of nitrogen functional groups attached to an aromatic ring is 2. The summed E-state index contributed by atoms with van der Waals surface area (Å²) in [5.74, 6) is -0.388. The average Bonchev–Trinajstić information content (AvgIpc) is 2.88. The molecule has 3 heterocycles. The Balaban J connectivity index is 1.37. The van der Waals surface area contributed by atoms with Crippen LogP contribution >= 0.6 is 58.5 Å². The summed E-state index contributed by atoms with van der Waals surface area (Å²) in [5, 5.41) is 13.7. The second-order valence-electron chi connectivity index (χ2n) is 8.15. The highest BCUT2D eigenvalue weighted by atomic mass is 35.5. The second kappa shape index (κ2) is 12.1. The van der Waals surface area contributed by atoms with E-state index in [1.807, 2.05) is 0 Å². The number of allylic oxidation sites excluding steroid dienone is 1. The van der Waals surface area contributed by atoms with Crippen LogP contribution in [-0.2, 0) is 21.4 Å². The number of fused-ring (bicyclic) bond motifs is 1. The van der Waals surface area contributed by atoms with Crippen LogP contribution in [0.2, 0.25) is 10.0 Å². The zero-order chi connectivity index (χ0) is 27.6. The number of anilines is 2. The first-order chi connectivity index (χ1) is 18.1. The maximum Gasteiger partial charge on any atom is 0.352 e. The Morgan fingerprint density at radius 3 is 2.79 bits per heavy atom. The lowest BCUT2D eigenvalue weighted by molar-refractivity contribution is -0.645. The molecule has 0 saturated carbocycles. The van der Waals surface area contributed by atoms with E-state index in [9.17, 15) is 19.5 Å². The van der Waals surface area contributed by atoms with E-state index in [0.29, 0.717) is 42.9 Å². The number of hydrogen-bond donors (Lipinski definition) is 4. The quantitative estimate of drug-likeness (QED) is 0.143. The van der Waals surface area contributed by atoms with E-state index in [0.717, 1.165) is 0 Å². The first-order valence-electron chi connectivity index (χ1n) is 11.1. The summed E-state index contributed by atoms with van der Waals surface area (Å²) < 4.78 is 1.56. The molecule has 15 heteroatoms. The van der Waals surface area contributed by atoms with Crippen molar-refractivity contribution in [2.75, 3.05) is 28.7 Å². The van der Waals surface area contributed by atoms with Gasteiger partial charge in [-0.3, -0.25) is 14.5 Å². The van der Waals surface area contributed by atoms with Crippen LogP contribution in [0.5, 0.6) is 0 Å². The molecule has 2 aliphatic rings. The molecule has 2 atom stereocenters. The number of carboxylic acid groups (broad SMARTS) is 1. The fourth-order valence-corrected chi connectivity index (χ4v) is 7.04. The van der Waals surface area contributed by atoms with Crippen LogP contribution in [0.3, 0.4) is 0 Å². The molecule has 38 heavy (non-hydrogen) atoms. The first-order valence-corrected chi connectivity index (χ1v) is 14.8. The minimum atomic E-state index is -1.20. The van der Waals surface area contributed by atoms with Crippen LogP contribution in [0.1, 0.15) is 0 Å². The van der Waals surface area contributed by atoms with Gasteiger partial charge in [-0.1, -0.05) is 47.1 Å². The fourth-order valence-electron chi connectivity index (χ4n) is 3.69. The van der Waals surface area contributed by atoms with Crippen molar-refractivity contribution in [1.82, 2.24) is 15.2 Å². The predicted octanol–water partition coefficient (Wildman–Crippen LogP) is 2.56. The van der Waals surface area contributed by atoms with Gasteiger partial charge in [0, 0.05) is 27.5 Å². The molecule has 1 aromatic heterocycles. The zero-order valence-electron chi connectivity index (χ0n) is 19.9. The standard InChI is InChI=1S/C23H22Cl2N6O4S3/c1-30-15(26)8-17(29-23(30)27)36-6-2-3-11-9-38-21-18(20(33)31(21)19(11)22(34)35)28-16(32)10-37-14-7-12(24)4-5-13(14)25/h2-5,7-8,18,21H,6,9-10H2,1H3,(H5,26,27,28,29,32,34,35)/p+1/t18-,21-/m1/s1. The molecular formula is C23H23Cl2N6O4S3+. The Kier molecular flexibility index (Phi) is 9.04. The maximum absolute atomic E-state index is 12.9. The number of aliphatic carboxylic acids is 1. The zero-order valence-corrected chi connectivity index (χ0v) is 23.9.